The van der Waals surface area contributed by atoms with Gasteiger partial charge in [-0.2, -0.15) is 0 Å². The molecule has 4 rings (SSSR count). The van der Waals surface area contributed by atoms with Crippen LogP contribution in [0.3, 0.4) is 0 Å². The molecule has 4 nitrogen and oxygen atoms in total. The van der Waals surface area contributed by atoms with E-state index in [0.717, 1.165) is 21.6 Å². The Kier molecular flexibility index (Phi) is 4.07. The Labute approximate surface area is 151 Å². The normalized spacial score (nSPS) is 15.4. The first-order valence-electron chi connectivity index (χ1n) is 8.30. The van der Waals surface area contributed by atoms with E-state index in [1.807, 2.05) is 60.7 Å². The summed E-state index contributed by atoms with van der Waals surface area (Å²) in [6.45, 7) is 0. The lowest BCUT2D eigenvalue weighted by Gasteiger charge is -2.10. The SMILES string of the molecule is O=C1NC(=Cc2ccc(-c3ccccc3)cc2)C(=O)N1c1ccccc1. The number of benzene rings is 3. The third-order valence-corrected chi connectivity index (χ3v) is 4.22. The topological polar surface area (TPSA) is 49.4 Å². The number of para-hydroxylation sites is 1. The third-order valence-electron chi connectivity index (χ3n) is 4.22. The molecule has 1 aliphatic heterocycles. The molecule has 1 fully saturated rings. The van der Waals surface area contributed by atoms with Gasteiger partial charge in [0.1, 0.15) is 5.70 Å². The van der Waals surface area contributed by atoms with Crippen molar-refractivity contribution in [2.24, 2.45) is 0 Å². The Morgan fingerprint density at radius 2 is 1.27 bits per heavy atom. The molecular weight excluding hydrogens is 324 g/mol. The first-order chi connectivity index (χ1) is 12.7. The summed E-state index contributed by atoms with van der Waals surface area (Å²) in [6, 6.07) is 26.4. The second kappa shape index (κ2) is 6.69. The van der Waals surface area contributed by atoms with Crippen molar-refractivity contribution in [3.63, 3.8) is 0 Å². The molecule has 0 aromatic heterocycles. The molecule has 26 heavy (non-hydrogen) atoms. The fourth-order valence-corrected chi connectivity index (χ4v) is 2.92. The van der Waals surface area contributed by atoms with Crippen molar-refractivity contribution in [2.45, 2.75) is 0 Å². The quantitative estimate of drug-likeness (QED) is 0.566. The van der Waals surface area contributed by atoms with Crippen molar-refractivity contribution in [1.29, 1.82) is 0 Å². The van der Waals surface area contributed by atoms with E-state index in [4.69, 9.17) is 0 Å². The molecule has 0 bridgehead atoms. The predicted octanol–water partition coefficient (Wildman–Crippen LogP) is 4.45. The molecule has 4 heteroatoms. The number of carbonyl (C=O) groups is 2. The van der Waals surface area contributed by atoms with Gasteiger partial charge in [-0.15, -0.1) is 0 Å². The molecular formula is C22H16N2O2. The fourth-order valence-electron chi connectivity index (χ4n) is 2.92. The number of carbonyl (C=O) groups excluding carboxylic acids is 2. The maximum absolute atomic E-state index is 12.6. The second-order valence-electron chi connectivity index (χ2n) is 5.95. The van der Waals surface area contributed by atoms with Crippen LogP contribution in [0.5, 0.6) is 0 Å². The third kappa shape index (κ3) is 3.00. The van der Waals surface area contributed by atoms with Gasteiger partial charge in [0.15, 0.2) is 0 Å². The predicted molar refractivity (Wildman–Crippen MR) is 102 cm³/mol. The van der Waals surface area contributed by atoms with E-state index >= 15 is 0 Å². The first-order valence-corrected chi connectivity index (χ1v) is 8.30. The fraction of sp³-hybridized carbons (Fsp3) is 0. The van der Waals surface area contributed by atoms with Crippen LogP contribution in [-0.4, -0.2) is 11.9 Å². The summed E-state index contributed by atoms with van der Waals surface area (Å²) in [7, 11) is 0. The first kappa shape index (κ1) is 15.8. The van der Waals surface area contributed by atoms with E-state index in [0.29, 0.717) is 5.69 Å². The van der Waals surface area contributed by atoms with Crippen molar-refractivity contribution in [1.82, 2.24) is 5.32 Å². The summed E-state index contributed by atoms with van der Waals surface area (Å²) in [5, 5.41) is 2.65. The van der Waals surface area contributed by atoms with Crippen molar-refractivity contribution in [2.75, 3.05) is 4.90 Å². The summed E-state index contributed by atoms with van der Waals surface area (Å²) in [5.74, 6) is -0.353. The van der Waals surface area contributed by atoms with Crippen LogP contribution in [0, 0.1) is 0 Å². The van der Waals surface area contributed by atoms with Crippen LogP contribution in [0.25, 0.3) is 17.2 Å². The molecule has 0 atom stereocenters. The number of nitrogens with zero attached hydrogens (tertiary/aromatic N) is 1. The summed E-state index contributed by atoms with van der Waals surface area (Å²) in [4.78, 5) is 25.9. The number of imide groups is 1. The second-order valence-corrected chi connectivity index (χ2v) is 5.95. The number of anilines is 1. The molecule has 3 amide bonds. The molecule has 0 radical (unpaired) electrons. The van der Waals surface area contributed by atoms with Gasteiger partial charge in [0.05, 0.1) is 5.69 Å². The molecule has 1 N–H and O–H groups in total. The molecule has 1 aliphatic rings. The van der Waals surface area contributed by atoms with Crippen LogP contribution in [0.15, 0.2) is 90.6 Å². The number of hydrogen-bond acceptors (Lipinski definition) is 2. The van der Waals surface area contributed by atoms with Crippen LogP contribution >= 0.6 is 0 Å². The van der Waals surface area contributed by atoms with E-state index in [9.17, 15) is 9.59 Å². The maximum atomic E-state index is 12.6. The number of nitrogens with one attached hydrogen (secondary N) is 1. The molecule has 0 spiro atoms. The van der Waals surface area contributed by atoms with Crippen LogP contribution in [0.2, 0.25) is 0 Å². The average molecular weight is 340 g/mol. The average Bonchev–Trinajstić information content (AvgIpc) is 2.97. The zero-order valence-corrected chi connectivity index (χ0v) is 13.9. The minimum atomic E-state index is -0.437. The van der Waals surface area contributed by atoms with Gasteiger partial charge in [-0.05, 0) is 34.9 Å². The highest BCUT2D eigenvalue weighted by Crippen LogP contribution is 2.23. The molecule has 0 aliphatic carbocycles. The van der Waals surface area contributed by atoms with Crippen LogP contribution in [0.1, 0.15) is 5.56 Å². The standard InChI is InChI=1S/C22H16N2O2/c25-21-20(23-22(26)24(21)19-9-5-2-6-10-19)15-16-11-13-18(14-12-16)17-7-3-1-4-8-17/h1-15H,(H,23,26). The molecule has 1 heterocycles. The van der Waals surface area contributed by atoms with Gasteiger partial charge < -0.3 is 5.32 Å². The number of rotatable bonds is 3. The lowest BCUT2D eigenvalue weighted by Crippen LogP contribution is -2.30. The number of urea groups is 1. The van der Waals surface area contributed by atoms with Gasteiger partial charge >= 0.3 is 6.03 Å². The lowest BCUT2D eigenvalue weighted by atomic mass is 10.0. The molecule has 1 saturated heterocycles. The van der Waals surface area contributed by atoms with E-state index in [2.05, 4.69) is 5.32 Å². The Bertz CT molecular complexity index is 978. The van der Waals surface area contributed by atoms with Crippen molar-refractivity contribution in [3.05, 3.63) is 96.2 Å². The monoisotopic (exact) mass is 340 g/mol. The van der Waals surface area contributed by atoms with E-state index in [1.54, 1.807) is 30.3 Å². The van der Waals surface area contributed by atoms with Crippen molar-refractivity contribution in [3.8, 4) is 11.1 Å². The summed E-state index contributed by atoms with van der Waals surface area (Å²) in [6.07, 6.45) is 1.69. The summed E-state index contributed by atoms with van der Waals surface area (Å²) >= 11 is 0. The zero-order valence-electron chi connectivity index (χ0n) is 13.9. The van der Waals surface area contributed by atoms with Crippen molar-refractivity contribution < 1.29 is 9.59 Å². The summed E-state index contributed by atoms with van der Waals surface area (Å²) in [5.41, 5.74) is 3.90. The minimum Gasteiger partial charge on any atom is -0.302 e. The zero-order chi connectivity index (χ0) is 17.9. The maximum Gasteiger partial charge on any atom is 0.333 e. The Balaban J connectivity index is 1.59. The molecule has 0 saturated carbocycles. The van der Waals surface area contributed by atoms with Gasteiger partial charge in [0, 0.05) is 0 Å². The van der Waals surface area contributed by atoms with Gasteiger partial charge in [0.2, 0.25) is 0 Å². The van der Waals surface area contributed by atoms with Gasteiger partial charge in [-0.3, -0.25) is 4.79 Å². The van der Waals surface area contributed by atoms with E-state index in [1.165, 1.54) is 0 Å². The van der Waals surface area contributed by atoms with Gasteiger partial charge in [0.25, 0.3) is 5.91 Å². The van der Waals surface area contributed by atoms with Crippen LogP contribution in [0.4, 0.5) is 10.5 Å². The Hall–Kier alpha value is -3.66. The highest BCUT2D eigenvalue weighted by molar-refractivity contribution is 6.28. The van der Waals surface area contributed by atoms with Crippen molar-refractivity contribution >= 4 is 23.7 Å². The molecule has 3 aromatic carbocycles. The van der Waals surface area contributed by atoms with Gasteiger partial charge in [-0.1, -0.05) is 72.8 Å². The molecule has 3 aromatic rings. The Morgan fingerprint density at radius 3 is 1.92 bits per heavy atom. The Morgan fingerprint density at radius 1 is 0.692 bits per heavy atom. The lowest BCUT2D eigenvalue weighted by molar-refractivity contribution is -0.113. The largest absolute Gasteiger partial charge is 0.333 e. The van der Waals surface area contributed by atoms with E-state index in [-0.39, 0.29) is 11.6 Å². The highest BCUT2D eigenvalue weighted by Gasteiger charge is 2.34. The summed E-state index contributed by atoms with van der Waals surface area (Å²) < 4.78 is 0. The van der Waals surface area contributed by atoms with Gasteiger partial charge in [-0.25, -0.2) is 9.69 Å². The number of hydrogen-bond donors (Lipinski definition) is 1. The number of amides is 3. The molecule has 0 unspecified atom stereocenters. The van der Waals surface area contributed by atoms with Crippen LogP contribution in [-0.2, 0) is 4.79 Å². The van der Waals surface area contributed by atoms with E-state index < -0.39 is 6.03 Å². The minimum absolute atomic E-state index is 0.270. The molecule has 126 valence electrons. The highest BCUT2D eigenvalue weighted by atomic mass is 16.2. The van der Waals surface area contributed by atoms with Crippen LogP contribution < -0.4 is 10.2 Å². The smallest absolute Gasteiger partial charge is 0.302 e.